The molecule has 6 heteroatoms. The van der Waals surface area contributed by atoms with Crippen LogP contribution in [0.3, 0.4) is 0 Å². The Labute approximate surface area is 149 Å². The van der Waals surface area contributed by atoms with Gasteiger partial charge < -0.3 is 5.21 Å². The average molecular weight is 343 g/mol. The van der Waals surface area contributed by atoms with Gasteiger partial charge in [0.1, 0.15) is 5.69 Å². The molecule has 126 valence electrons. The summed E-state index contributed by atoms with van der Waals surface area (Å²) in [5.41, 5.74) is 1.07. The molecule has 3 aromatic rings. The largest absolute Gasteiger partial charge is 0.710 e. The standard InChI is InChI=1S/C20H13N3O3/c24-19-15-10-4-5-11-16(15)20(25)22(19)18(17-12-6-7-13-21-17)23(26)14-8-2-1-3-9-14/h1-13H/b23-18-. The number of pyridine rings is 1. The van der Waals surface area contributed by atoms with Crippen LogP contribution in [0.15, 0.2) is 79.0 Å². The zero-order chi connectivity index (χ0) is 18.1. The zero-order valence-electron chi connectivity index (χ0n) is 13.6. The minimum Gasteiger partial charge on any atom is -0.710 e. The molecule has 0 saturated heterocycles. The number of para-hydroxylation sites is 1. The van der Waals surface area contributed by atoms with Crippen molar-refractivity contribution in [3.8, 4) is 0 Å². The second-order valence-corrected chi connectivity index (χ2v) is 5.66. The van der Waals surface area contributed by atoms with E-state index in [1.54, 1.807) is 72.8 Å². The molecule has 0 N–H and O–H groups in total. The lowest BCUT2D eigenvalue weighted by Crippen LogP contribution is -2.41. The van der Waals surface area contributed by atoms with Gasteiger partial charge in [-0.3, -0.25) is 0 Å². The van der Waals surface area contributed by atoms with Gasteiger partial charge in [-0.05, 0) is 36.4 Å². The van der Waals surface area contributed by atoms with E-state index in [1.165, 1.54) is 6.20 Å². The second kappa shape index (κ2) is 6.25. The smallest absolute Gasteiger partial charge is 0.350 e. The molecule has 1 aliphatic heterocycles. The first-order valence-corrected chi connectivity index (χ1v) is 7.97. The molecule has 0 radical (unpaired) electrons. The van der Waals surface area contributed by atoms with Crippen LogP contribution in [0, 0.1) is 5.21 Å². The lowest BCUT2D eigenvalue weighted by Gasteiger charge is -2.17. The fourth-order valence-electron chi connectivity index (χ4n) is 2.87. The molecule has 2 aromatic carbocycles. The van der Waals surface area contributed by atoms with E-state index in [2.05, 4.69) is 4.98 Å². The van der Waals surface area contributed by atoms with E-state index in [1.807, 2.05) is 0 Å². The van der Waals surface area contributed by atoms with E-state index in [-0.39, 0.29) is 22.7 Å². The van der Waals surface area contributed by atoms with Crippen LogP contribution in [-0.2, 0) is 0 Å². The fraction of sp³-hybridized carbons (Fsp3) is 0. The van der Waals surface area contributed by atoms with Gasteiger partial charge in [0, 0.05) is 6.20 Å². The molecule has 2 amide bonds. The third kappa shape index (κ3) is 2.44. The summed E-state index contributed by atoms with van der Waals surface area (Å²) >= 11 is 0. The van der Waals surface area contributed by atoms with Crippen molar-refractivity contribution in [3.05, 3.63) is 101 Å². The Morgan fingerprint density at radius 1 is 0.808 bits per heavy atom. The third-order valence-corrected chi connectivity index (χ3v) is 4.08. The normalized spacial score (nSPS) is 14.2. The summed E-state index contributed by atoms with van der Waals surface area (Å²) in [7, 11) is 0. The zero-order valence-corrected chi connectivity index (χ0v) is 13.6. The summed E-state index contributed by atoms with van der Waals surface area (Å²) in [5, 5.41) is 13.1. The van der Waals surface area contributed by atoms with Gasteiger partial charge in [0.25, 0.3) is 0 Å². The number of nitrogens with zero attached hydrogens (tertiary/aromatic N) is 3. The molecule has 1 aromatic heterocycles. The van der Waals surface area contributed by atoms with Crippen molar-refractivity contribution in [1.29, 1.82) is 0 Å². The molecule has 0 spiro atoms. The van der Waals surface area contributed by atoms with Crippen LogP contribution in [0.1, 0.15) is 26.4 Å². The Balaban J connectivity index is 1.94. The van der Waals surface area contributed by atoms with Gasteiger partial charge in [-0.1, -0.05) is 36.4 Å². The van der Waals surface area contributed by atoms with Gasteiger partial charge in [-0.15, -0.1) is 4.90 Å². The summed E-state index contributed by atoms with van der Waals surface area (Å²) in [6, 6.07) is 19.9. The summed E-state index contributed by atoms with van der Waals surface area (Å²) in [6.45, 7) is 0. The number of carbonyl (C=O) groups is 2. The lowest BCUT2D eigenvalue weighted by molar-refractivity contribution is -0.365. The van der Waals surface area contributed by atoms with Crippen LogP contribution in [0.4, 0.5) is 5.69 Å². The van der Waals surface area contributed by atoms with E-state index >= 15 is 0 Å². The Morgan fingerprint density at radius 2 is 1.38 bits per heavy atom. The third-order valence-electron chi connectivity index (χ3n) is 4.08. The number of fused-ring (bicyclic) bond motifs is 1. The number of aromatic nitrogens is 1. The maximum atomic E-state index is 13.1. The Hall–Kier alpha value is -3.80. The molecule has 0 bridgehead atoms. The first-order valence-electron chi connectivity index (χ1n) is 7.97. The predicted octanol–water partition coefficient (Wildman–Crippen LogP) is 2.97. The van der Waals surface area contributed by atoms with Crippen molar-refractivity contribution < 1.29 is 14.3 Å². The molecule has 2 heterocycles. The molecular weight excluding hydrogens is 330 g/mol. The minimum atomic E-state index is -0.539. The molecule has 0 fully saturated rings. The van der Waals surface area contributed by atoms with Crippen LogP contribution < -0.4 is 0 Å². The molecule has 0 unspecified atom stereocenters. The predicted molar refractivity (Wildman–Crippen MR) is 95.0 cm³/mol. The number of amides is 2. The van der Waals surface area contributed by atoms with Gasteiger partial charge in [-0.25, -0.2) is 19.3 Å². The molecule has 0 aliphatic carbocycles. The van der Waals surface area contributed by atoms with Crippen LogP contribution >= 0.6 is 0 Å². The average Bonchev–Trinajstić information content (AvgIpc) is 2.95. The van der Waals surface area contributed by atoms with Crippen LogP contribution in [0.25, 0.3) is 0 Å². The van der Waals surface area contributed by atoms with Gasteiger partial charge in [0.15, 0.2) is 5.69 Å². The SMILES string of the molecule is O=C1c2ccccc2C(=O)N1/C(c1ccccn1)=[N+](\[O-])c1ccccc1. The fourth-order valence-corrected chi connectivity index (χ4v) is 2.87. The summed E-state index contributed by atoms with van der Waals surface area (Å²) in [5.74, 6) is -1.20. The first kappa shape index (κ1) is 15.7. The van der Waals surface area contributed by atoms with E-state index in [9.17, 15) is 14.8 Å². The van der Waals surface area contributed by atoms with Gasteiger partial charge >= 0.3 is 17.6 Å². The van der Waals surface area contributed by atoms with Crippen molar-refractivity contribution in [1.82, 2.24) is 9.88 Å². The molecule has 26 heavy (non-hydrogen) atoms. The molecule has 6 nitrogen and oxygen atoms in total. The maximum Gasteiger partial charge on any atom is 0.350 e. The number of benzene rings is 2. The highest BCUT2D eigenvalue weighted by Crippen LogP contribution is 2.25. The Kier molecular flexibility index (Phi) is 3.78. The van der Waals surface area contributed by atoms with Gasteiger partial charge in [-0.2, -0.15) is 0 Å². The number of imide groups is 1. The lowest BCUT2D eigenvalue weighted by atomic mass is 10.1. The maximum absolute atomic E-state index is 13.1. The molecule has 0 atom stereocenters. The van der Waals surface area contributed by atoms with Crippen LogP contribution in [0.5, 0.6) is 0 Å². The highest BCUT2D eigenvalue weighted by molar-refractivity contribution is 6.31. The van der Waals surface area contributed by atoms with Crippen LogP contribution in [-0.4, -0.2) is 32.3 Å². The van der Waals surface area contributed by atoms with E-state index < -0.39 is 11.8 Å². The highest BCUT2D eigenvalue weighted by Gasteiger charge is 2.47. The monoisotopic (exact) mass is 343 g/mol. The van der Waals surface area contributed by atoms with Crippen molar-refractivity contribution in [2.45, 2.75) is 0 Å². The highest BCUT2D eigenvalue weighted by atomic mass is 16.5. The number of hydrogen-bond acceptors (Lipinski definition) is 4. The summed E-state index contributed by atoms with van der Waals surface area (Å²) in [6.07, 6.45) is 1.51. The molecular formula is C20H13N3O3. The number of amidine groups is 1. The van der Waals surface area contributed by atoms with Crippen molar-refractivity contribution in [3.63, 3.8) is 0 Å². The van der Waals surface area contributed by atoms with Crippen LogP contribution in [0.2, 0.25) is 0 Å². The molecule has 1 aliphatic rings. The van der Waals surface area contributed by atoms with Crippen molar-refractivity contribution in [2.75, 3.05) is 0 Å². The first-order chi connectivity index (χ1) is 12.7. The quantitative estimate of drug-likeness (QED) is 0.179. The Bertz CT molecular complexity index is 995. The molecule has 4 rings (SSSR count). The Morgan fingerprint density at radius 3 is 1.96 bits per heavy atom. The number of carbonyl (C=O) groups excluding carboxylic acids is 2. The van der Waals surface area contributed by atoms with Gasteiger partial charge in [0.05, 0.1) is 11.1 Å². The molecule has 0 saturated carbocycles. The van der Waals surface area contributed by atoms with Crippen molar-refractivity contribution >= 4 is 23.3 Å². The van der Waals surface area contributed by atoms with Crippen molar-refractivity contribution in [2.24, 2.45) is 0 Å². The summed E-state index contributed by atoms with van der Waals surface area (Å²) < 4.78 is 0.560. The van der Waals surface area contributed by atoms with E-state index in [0.29, 0.717) is 10.4 Å². The second-order valence-electron chi connectivity index (χ2n) is 5.66. The van der Waals surface area contributed by atoms with E-state index in [4.69, 9.17) is 0 Å². The topological polar surface area (TPSA) is 76.3 Å². The van der Waals surface area contributed by atoms with Gasteiger partial charge in [0.2, 0.25) is 0 Å². The number of hydrogen-bond donors (Lipinski definition) is 0. The minimum absolute atomic E-state index is 0.122. The number of rotatable bonds is 2. The van der Waals surface area contributed by atoms with E-state index in [0.717, 1.165) is 4.90 Å². The summed E-state index contributed by atoms with van der Waals surface area (Å²) in [4.78, 5) is 30.8.